The van der Waals surface area contributed by atoms with Crippen LogP contribution in [0.1, 0.15) is 23.6 Å². The van der Waals surface area contributed by atoms with E-state index in [1.165, 1.54) is 17.3 Å². The van der Waals surface area contributed by atoms with Crippen molar-refractivity contribution in [3.05, 3.63) is 78.9 Å². The summed E-state index contributed by atoms with van der Waals surface area (Å²) in [4.78, 5) is 3.87. The van der Waals surface area contributed by atoms with Gasteiger partial charge in [0.05, 0.1) is 20.8 Å². The highest BCUT2D eigenvalue weighted by Crippen LogP contribution is 2.54. The van der Waals surface area contributed by atoms with Crippen LogP contribution in [0.3, 0.4) is 0 Å². The van der Waals surface area contributed by atoms with Crippen molar-refractivity contribution in [2.24, 2.45) is 0 Å². The van der Waals surface area contributed by atoms with Crippen molar-refractivity contribution in [1.82, 2.24) is 19.8 Å². The minimum absolute atomic E-state index is 0.0365. The lowest BCUT2D eigenvalue weighted by molar-refractivity contribution is -0.186. The monoisotopic (exact) mass is 553 g/mol. The zero-order valence-corrected chi connectivity index (χ0v) is 19.2. The zero-order chi connectivity index (χ0) is 22.6. The summed E-state index contributed by atoms with van der Waals surface area (Å²) >= 11 is 21.3. The Balaban J connectivity index is 1.75. The van der Waals surface area contributed by atoms with E-state index >= 15 is 0 Å². The van der Waals surface area contributed by atoms with Gasteiger partial charge in [-0.3, -0.25) is 0 Å². The van der Waals surface area contributed by atoms with E-state index in [1.807, 2.05) is 0 Å². The number of hydrogen-bond donors (Lipinski definition) is 0. The Labute approximate surface area is 198 Å². The van der Waals surface area contributed by atoms with Crippen molar-refractivity contribution >= 4 is 50.7 Å². The molecule has 0 spiro atoms. The molecular formula is C19H12BrCl3F3N4O-. The Hall–Kier alpha value is -1.36. The maximum absolute atomic E-state index is 14.3. The predicted molar refractivity (Wildman–Crippen MR) is 116 cm³/mol. The summed E-state index contributed by atoms with van der Waals surface area (Å²) in [5, 5.41) is 17.0. The van der Waals surface area contributed by atoms with E-state index in [1.54, 1.807) is 18.2 Å². The molecule has 2 aromatic carbocycles. The first-order valence-corrected chi connectivity index (χ1v) is 10.8. The maximum Gasteiger partial charge on any atom is 0.399 e. The molecule has 12 heteroatoms. The van der Waals surface area contributed by atoms with Gasteiger partial charge in [0.25, 0.3) is 0 Å². The summed E-state index contributed by atoms with van der Waals surface area (Å²) in [6.07, 6.45) is -2.37. The molecule has 0 amide bonds. The van der Waals surface area contributed by atoms with E-state index in [0.29, 0.717) is 20.8 Å². The van der Waals surface area contributed by atoms with Gasteiger partial charge in [-0.1, -0.05) is 40.9 Å². The molecule has 1 aliphatic heterocycles. The quantitative estimate of drug-likeness (QED) is 0.336. The third-order valence-corrected chi connectivity index (χ3v) is 7.25. The van der Waals surface area contributed by atoms with Crippen LogP contribution < -0.4 is 0 Å². The molecule has 2 atom stereocenters. The van der Waals surface area contributed by atoms with Gasteiger partial charge in [-0.15, -0.1) is 0 Å². The molecule has 2 unspecified atom stereocenters. The van der Waals surface area contributed by atoms with Gasteiger partial charge in [0.15, 0.2) is 0 Å². The predicted octanol–water partition coefficient (Wildman–Crippen LogP) is 6.73. The maximum atomic E-state index is 14.3. The largest absolute Gasteiger partial charge is 0.785 e. The normalized spacial score (nSPS) is 22.3. The summed E-state index contributed by atoms with van der Waals surface area (Å²) in [6, 6.07) is 6.10. The van der Waals surface area contributed by atoms with E-state index in [9.17, 15) is 18.4 Å². The third kappa shape index (κ3) is 3.96. The number of hydroxylamine groups is 2. The second kappa shape index (κ2) is 8.20. The molecular weight excluding hydrogens is 543 g/mol. The van der Waals surface area contributed by atoms with Crippen LogP contribution in [-0.4, -0.2) is 32.5 Å². The number of hydrogen-bond acceptors (Lipinski definition) is 4. The Kier molecular flexibility index (Phi) is 6.04. The molecule has 1 aromatic heterocycles. The fraction of sp³-hybridized carbons (Fsp3) is 0.263. The molecule has 1 aliphatic rings. The van der Waals surface area contributed by atoms with Gasteiger partial charge >= 0.3 is 6.18 Å². The minimum Gasteiger partial charge on any atom is -0.785 e. The first-order chi connectivity index (χ1) is 14.5. The molecule has 0 saturated carbocycles. The highest BCUT2D eigenvalue weighted by Gasteiger charge is 2.60. The van der Waals surface area contributed by atoms with Crippen LogP contribution in [0.5, 0.6) is 0 Å². The lowest BCUT2D eigenvalue weighted by atomic mass is 9.77. The van der Waals surface area contributed by atoms with Gasteiger partial charge in [-0.05, 0) is 57.7 Å². The summed E-state index contributed by atoms with van der Waals surface area (Å²) < 4.78 is 45.1. The van der Waals surface area contributed by atoms with Gasteiger partial charge in [0.1, 0.15) is 18.1 Å². The van der Waals surface area contributed by atoms with Crippen LogP contribution in [0.15, 0.2) is 47.5 Å². The van der Waals surface area contributed by atoms with Crippen LogP contribution in [0.25, 0.3) is 5.69 Å². The molecule has 31 heavy (non-hydrogen) atoms. The molecule has 0 aliphatic carbocycles. The van der Waals surface area contributed by atoms with Gasteiger partial charge in [-0.2, -0.15) is 18.3 Å². The molecule has 5 nitrogen and oxygen atoms in total. The molecule has 0 radical (unpaired) electrons. The molecule has 164 valence electrons. The molecule has 3 aromatic rings. The van der Waals surface area contributed by atoms with E-state index in [4.69, 9.17) is 34.8 Å². The minimum atomic E-state index is -4.72. The van der Waals surface area contributed by atoms with Crippen LogP contribution in [0, 0.1) is 5.21 Å². The second-order valence-corrected chi connectivity index (χ2v) is 9.23. The van der Waals surface area contributed by atoms with Crippen LogP contribution >= 0.6 is 50.7 Å². The standard InChI is InChI=1S/C19H12BrCl3F3N4O/c20-12-3-10(1-2-15(12)29-9-27-8-28-29)16-6-18(7-30(16)31,19(24,25)26)11-4-13(21)17(23)14(22)5-11/h1-5,8-9,16H,6-7H2/q-1. The Bertz CT molecular complexity index is 1110. The Morgan fingerprint density at radius 2 is 1.81 bits per heavy atom. The highest BCUT2D eigenvalue weighted by molar-refractivity contribution is 9.10. The molecule has 1 saturated heterocycles. The van der Waals surface area contributed by atoms with Gasteiger partial charge < -0.3 is 10.3 Å². The molecule has 2 heterocycles. The smallest absolute Gasteiger partial charge is 0.399 e. The summed E-state index contributed by atoms with van der Waals surface area (Å²) in [5.41, 5.74) is -1.58. The molecule has 4 rings (SSSR count). The van der Waals surface area contributed by atoms with Gasteiger partial charge in [0.2, 0.25) is 0 Å². The SMILES string of the molecule is [O-]N1CC(c2cc(Cl)c(Cl)c(Cl)c2)(C(F)(F)F)CC1c1ccc(-n2cncn2)c(Br)c1. The van der Waals surface area contributed by atoms with Crippen molar-refractivity contribution in [2.75, 3.05) is 6.54 Å². The van der Waals surface area contributed by atoms with E-state index in [2.05, 4.69) is 26.0 Å². The lowest BCUT2D eigenvalue weighted by Gasteiger charge is -2.34. The molecule has 0 bridgehead atoms. The zero-order valence-electron chi connectivity index (χ0n) is 15.4. The summed E-state index contributed by atoms with van der Waals surface area (Å²) in [5.74, 6) is 0. The second-order valence-electron chi connectivity index (χ2n) is 7.18. The topological polar surface area (TPSA) is 57.0 Å². The van der Waals surface area contributed by atoms with Crippen LogP contribution in [-0.2, 0) is 5.41 Å². The third-order valence-electron chi connectivity index (χ3n) is 5.42. The summed E-state index contributed by atoms with van der Waals surface area (Å²) in [6.45, 7) is -0.794. The van der Waals surface area contributed by atoms with Crippen LogP contribution in [0.4, 0.5) is 13.2 Å². The highest BCUT2D eigenvalue weighted by atomic mass is 79.9. The van der Waals surface area contributed by atoms with Gasteiger partial charge in [-0.25, -0.2) is 9.67 Å². The number of benzene rings is 2. The molecule has 1 fully saturated rings. The lowest BCUT2D eigenvalue weighted by Crippen LogP contribution is -2.44. The van der Waals surface area contributed by atoms with E-state index < -0.39 is 30.6 Å². The first kappa shape index (κ1) is 22.8. The Morgan fingerprint density at radius 3 is 2.35 bits per heavy atom. The number of alkyl halides is 3. The van der Waals surface area contributed by atoms with Crippen molar-refractivity contribution in [3.63, 3.8) is 0 Å². The average Bonchev–Trinajstić information content (AvgIpc) is 3.33. The number of nitrogens with zero attached hydrogens (tertiary/aromatic N) is 4. The fourth-order valence-electron chi connectivity index (χ4n) is 3.82. The van der Waals surface area contributed by atoms with Crippen molar-refractivity contribution in [2.45, 2.75) is 24.1 Å². The van der Waals surface area contributed by atoms with E-state index in [0.717, 1.165) is 12.1 Å². The number of rotatable bonds is 3. The number of aromatic nitrogens is 3. The fourth-order valence-corrected chi connectivity index (χ4v) is 4.99. The van der Waals surface area contributed by atoms with Crippen LogP contribution in [0.2, 0.25) is 15.1 Å². The van der Waals surface area contributed by atoms with Crippen molar-refractivity contribution in [3.8, 4) is 5.69 Å². The Morgan fingerprint density at radius 1 is 1.13 bits per heavy atom. The van der Waals surface area contributed by atoms with E-state index in [-0.39, 0.29) is 20.6 Å². The average molecular weight is 556 g/mol. The summed E-state index contributed by atoms with van der Waals surface area (Å²) in [7, 11) is 0. The van der Waals surface area contributed by atoms with Crippen molar-refractivity contribution < 1.29 is 13.2 Å². The van der Waals surface area contributed by atoms with Gasteiger partial charge in [0, 0.05) is 17.1 Å². The van der Waals surface area contributed by atoms with Crippen molar-refractivity contribution in [1.29, 1.82) is 0 Å². The number of halogens is 7. The first-order valence-electron chi connectivity index (χ1n) is 8.83. The molecule has 0 N–H and O–H groups in total.